The van der Waals surface area contributed by atoms with Gasteiger partial charge in [0.05, 0.1) is 0 Å². The molecule has 0 saturated heterocycles. The summed E-state index contributed by atoms with van der Waals surface area (Å²) in [7, 11) is 0. The summed E-state index contributed by atoms with van der Waals surface area (Å²) >= 11 is 0. The summed E-state index contributed by atoms with van der Waals surface area (Å²) < 4.78 is 1.75. The number of carbonyl (C=O) groups is 1. The molecule has 0 N–H and O–H groups in total. The number of hydrogen-bond donors (Lipinski definition) is 0. The lowest BCUT2D eigenvalue weighted by Gasteiger charge is -2.04. The van der Waals surface area contributed by atoms with E-state index in [1.807, 2.05) is 18.3 Å². The van der Waals surface area contributed by atoms with Crippen LogP contribution >= 0.6 is 0 Å². The highest BCUT2D eigenvalue weighted by Crippen LogP contribution is 2.09. The van der Waals surface area contributed by atoms with E-state index in [1.54, 1.807) is 11.5 Å². The summed E-state index contributed by atoms with van der Waals surface area (Å²) in [5, 5.41) is 0. The predicted molar refractivity (Wildman–Crippen MR) is 63.2 cm³/mol. The summed E-state index contributed by atoms with van der Waals surface area (Å²) in [5.74, 6) is 0.114. The van der Waals surface area contributed by atoms with Crippen molar-refractivity contribution in [1.82, 2.24) is 4.57 Å². The van der Waals surface area contributed by atoms with Gasteiger partial charge in [-0.2, -0.15) is 0 Å². The third kappa shape index (κ3) is 3.90. The van der Waals surface area contributed by atoms with Gasteiger partial charge in [-0.1, -0.05) is 32.6 Å². The predicted octanol–water partition coefficient (Wildman–Crippen LogP) is 3.66. The van der Waals surface area contributed by atoms with Crippen molar-refractivity contribution < 1.29 is 4.79 Å². The molecule has 1 aromatic rings. The summed E-state index contributed by atoms with van der Waals surface area (Å²) in [6.07, 6.45) is 9.27. The smallest absolute Gasteiger partial charge is 0.227 e. The number of carbonyl (C=O) groups excluding carboxylic acids is 1. The molecule has 0 fully saturated rings. The molecule has 0 spiro atoms. The number of unbranched alkanes of at least 4 members (excludes halogenated alkanes) is 4. The second kappa shape index (κ2) is 6.44. The van der Waals surface area contributed by atoms with E-state index in [0.29, 0.717) is 0 Å². The second-order valence-corrected chi connectivity index (χ2v) is 4.05. The van der Waals surface area contributed by atoms with E-state index in [-0.39, 0.29) is 5.91 Å². The molecule has 84 valence electrons. The third-order valence-corrected chi connectivity index (χ3v) is 2.71. The zero-order valence-electron chi connectivity index (χ0n) is 9.83. The highest BCUT2D eigenvalue weighted by molar-refractivity contribution is 5.77. The molecule has 1 aromatic heterocycles. The minimum atomic E-state index is 0.114. The van der Waals surface area contributed by atoms with Crippen molar-refractivity contribution in [2.45, 2.75) is 52.4 Å². The monoisotopic (exact) mass is 207 g/mol. The van der Waals surface area contributed by atoms with Crippen molar-refractivity contribution >= 4 is 5.91 Å². The highest BCUT2D eigenvalue weighted by Gasteiger charge is 2.03. The van der Waals surface area contributed by atoms with Crippen LogP contribution in [-0.2, 0) is 6.42 Å². The minimum absolute atomic E-state index is 0.114. The van der Waals surface area contributed by atoms with Gasteiger partial charge in [0.25, 0.3) is 0 Å². The van der Waals surface area contributed by atoms with Crippen LogP contribution in [0.1, 0.15) is 56.4 Å². The summed E-state index contributed by atoms with van der Waals surface area (Å²) in [6, 6.07) is 3.99. The van der Waals surface area contributed by atoms with Crippen molar-refractivity contribution in [3.05, 3.63) is 24.0 Å². The molecule has 0 radical (unpaired) electrons. The van der Waals surface area contributed by atoms with Gasteiger partial charge in [-0.25, -0.2) is 0 Å². The molecule has 15 heavy (non-hydrogen) atoms. The van der Waals surface area contributed by atoms with E-state index >= 15 is 0 Å². The topological polar surface area (TPSA) is 22.0 Å². The van der Waals surface area contributed by atoms with Gasteiger partial charge in [0.15, 0.2) is 0 Å². The molecule has 1 heterocycles. The molecule has 2 nitrogen and oxygen atoms in total. The normalized spacial score (nSPS) is 10.5. The maximum absolute atomic E-state index is 11.2. The number of rotatable bonds is 6. The van der Waals surface area contributed by atoms with Crippen molar-refractivity contribution in [3.8, 4) is 0 Å². The van der Waals surface area contributed by atoms with Crippen molar-refractivity contribution in [3.63, 3.8) is 0 Å². The van der Waals surface area contributed by atoms with Crippen LogP contribution in [0.4, 0.5) is 0 Å². The Kier molecular flexibility index (Phi) is 5.16. The quantitative estimate of drug-likeness (QED) is 0.652. The zero-order chi connectivity index (χ0) is 11.1. The number of hydrogen-bond acceptors (Lipinski definition) is 1. The Morgan fingerprint density at radius 3 is 2.67 bits per heavy atom. The van der Waals surface area contributed by atoms with Gasteiger partial charge >= 0.3 is 0 Å². The van der Waals surface area contributed by atoms with Crippen molar-refractivity contribution in [1.29, 1.82) is 0 Å². The average Bonchev–Trinajstić information content (AvgIpc) is 2.66. The third-order valence-electron chi connectivity index (χ3n) is 2.71. The first-order valence-corrected chi connectivity index (χ1v) is 5.93. The fourth-order valence-corrected chi connectivity index (χ4v) is 1.84. The van der Waals surface area contributed by atoms with Crippen LogP contribution in [0.3, 0.4) is 0 Å². The average molecular weight is 207 g/mol. The maximum atomic E-state index is 11.2. The van der Waals surface area contributed by atoms with Crippen LogP contribution in [0.5, 0.6) is 0 Å². The molecule has 0 aliphatic rings. The van der Waals surface area contributed by atoms with Gasteiger partial charge in [0.1, 0.15) is 0 Å². The van der Waals surface area contributed by atoms with Crippen LogP contribution in [0, 0.1) is 0 Å². The Hall–Kier alpha value is -1.05. The molecule has 0 aliphatic carbocycles. The van der Waals surface area contributed by atoms with Crippen molar-refractivity contribution in [2.75, 3.05) is 0 Å². The summed E-state index contributed by atoms with van der Waals surface area (Å²) in [6.45, 7) is 3.83. The second-order valence-electron chi connectivity index (χ2n) is 4.05. The Balaban J connectivity index is 2.31. The lowest BCUT2D eigenvalue weighted by Crippen LogP contribution is -2.08. The Morgan fingerprint density at radius 1 is 1.27 bits per heavy atom. The Morgan fingerprint density at radius 2 is 2.00 bits per heavy atom. The molecule has 1 rings (SSSR count). The van der Waals surface area contributed by atoms with Crippen LogP contribution in [-0.4, -0.2) is 10.5 Å². The van der Waals surface area contributed by atoms with Crippen LogP contribution in [0.15, 0.2) is 18.3 Å². The lowest BCUT2D eigenvalue weighted by atomic mass is 10.1. The van der Waals surface area contributed by atoms with Gasteiger partial charge in [-0.3, -0.25) is 9.36 Å². The van der Waals surface area contributed by atoms with Gasteiger partial charge in [0, 0.05) is 18.8 Å². The SMILES string of the molecule is CCCCCCCc1cccn1C(C)=O. The maximum Gasteiger partial charge on any atom is 0.227 e. The number of aromatic nitrogens is 1. The molecule has 0 atom stereocenters. The molecule has 0 amide bonds. The largest absolute Gasteiger partial charge is 0.292 e. The molecule has 0 saturated carbocycles. The fraction of sp³-hybridized carbons (Fsp3) is 0.615. The highest BCUT2D eigenvalue weighted by atomic mass is 16.1. The molecule has 0 unspecified atom stereocenters. The van der Waals surface area contributed by atoms with E-state index in [0.717, 1.165) is 12.1 Å². The van der Waals surface area contributed by atoms with Crippen LogP contribution in [0.25, 0.3) is 0 Å². The molecular formula is C13H21NO. The molecule has 2 heteroatoms. The summed E-state index contributed by atoms with van der Waals surface area (Å²) in [4.78, 5) is 11.2. The van der Waals surface area contributed by atoms with Gasteiger partial charge in [0.2, 0.25) is 5.91 Å². The first-order valence-electron chi connectivity index (χ1n) is 5.93. The van der Waals surface area contributed by atoms with Gasteiger partial charge in [-0.05, 0) is 25.0 Å². The van der Waals surface area contributed by atoms with E-state index in [1.165, 1.54) is 32.1 Å². The number of aryl methyl sites for hydroxylation is 1. The lowest BCUT2D eigenvalue weighted by molar-refractivity contribution is 0.0933. The van der Waals surface area contributed by atoms with E-state index in [2.05, 4.69) is 6.92 Å². The fourth-order valence-electron chi connectivity index (χ4n) is 1.84. The van der Waals surface area contributed by atoms with Crippen LogP contribution in [0.2, 0.25) is 0 Å². The van der Waals surface area contributed by atoms with E-state index < -0.39 is 0 Å². The van der Waals surface area contributed by atoms with E-state index in [9.17, 15) is 4.79 Å². The first-order chi connectivity index (χ1) is 7.25. The first kappa shape index (κ1) is 12.0. The standard InChI is InChI=1S/C13H21NO/c1-3-4-5-6-7-9-13-10-8-11-14(13)12(2)15/h8,10-11H,3-7,9H2,1-2H3. The minimum Gasteiger partial charge on any atom is -0.292 e. The van der Waals surface area contributed by atoms with E-state index in [4.69, 9.17) is 0 Å². The molecule has 0 aliphatic heterocycles. The molecule has 0 bridgehead atoms. The Labute approximate surface area is 92.3 Å². The van der Waals surface area contributed by atoms with Crippen LogP contribution < -0.4 is 0 Å². The van der Waals surface area contributed by atoms with Gasteiger partial charge < -0.3 is 0 Å². The zero-order valence-corrected chi connectivity index (χ0v) is 9.83. The summed E-state index contributed by atoms with van der Waals surface area (Å²) in [5.41, 5.74) is 1.15. The van der Waals surface area contributed by atoms with Gasteiger partial charge in [-0.15, -0.1) is 0 Å². The Bertz CT molecular complexity index is 301. The number of nitrogens with zero attached hydrogens (tertiary/aromatic N) is 1. The van der Waals surface area contributed by atoms with Crippen molar-refractivity contribution in [2.24, 2.45) is 0 Å². The molecular weight excluding hydrogens is 186 g/mol. The molecule has 0 aromatic carbocycles.